The molecule has 1 aromatic rings. The second kappa shape index (κ2) is 7.62. The molecule has 1 aromatic heterocycles. The lowest BCUT2D eigenvalue weighted by atomic mass is 10.1. The molecule has 0 radical (unpaired) electrons. The van der Waals surface area contributed by atoms with E-state index in [1.807, 2.05) is 13.1 Å². The highest BCUT2D eigenvalue weighted by Gasteiger charge is 2.13. The van der Waals surface area contributed by atoms with Gasteiger partial charge in [-0.05, 0) is 33.2 Å². The van der Waals surface area contributed by atoms with Crippen LogP contribution in [0.2, 0.25) is 0 Å². The minimum atomic E-state index is 0.312. The molecule has 0 bridgehead atoms. The molecule has 108 valence electrons. The summed E-state index contributed by atoms with van der Waals surface area (Å²) >= 11 is 0. The maximum absolute atomic E-state index is 5.69. The third-order valence-electron chi connectivity index (χ3n) is 3.37. The van der Waals surface area contributed by atoms with Crippen molar-refractivity contribution in [3.8, 4) is 0 Å². The van der Waals surface area contributed by atoms with Gasteiger partial charge in [0.15, 0.2) is 0 Å². The average molecular weight is 267 g/mol. The van der Waals surface area contributed by atoms with Crippen LogP contribution in [-0.4, -0.2) is 54.4 Å². The van der Waals surface area contributed by atoms with E-state index in [1.165, 1.54) is 12.8 Å². The SMILES string of the molecule is Cc1cnc(CN(C)CCOCC2CCCCO2)[nH]1. The van der Waals surface area contributed by atoms with Gasteiger partial charge in [0.2, 0.25) is 0 Å². The molecule has 0 aromatic carbocycles. The molecular weight excluding hydrogens is 242 g/mol. The molecule has 0 aliphatic carbocycles. The Morgan fingerprint density at radius 2 is 2.42 bits per heavy atom. The molecule has 0 spiro atoms. The molecule has 0 saturated carbocycles. The van der Waals surface area contributed by atoms with Crippen LogP contribution in [0.5, 0.6) is 0 Å². The zero-order valence-corrected chi connectivity index (χ0v) is 12.0. The van der Waals surface area contributed by atoms with Crippen molar-refractivity contribution >= 4 is 0 Å². The van der Waals surface area contributed by atoms with Gasteiger partial charge in [0, 0.05) is 25.0 Å². The molecule has 1 unspecified atom stereocenters. The van der Waals surface area contributed by atoms with Crippen molar-refractivity contribution in [1.29, 1.82) is 0 Å². The minimum Gasteiger partial charge on any atom is -0.377 e. The molecule has 2 heterocycles. The molecule has 1 aliphatic heterocycles. The first-order valence-electron chi connectivity index (χ1n) is 7.12. The summed E-state index contributed by atoms with van der Waals surface area (Å²) < 4.78 is 11.3. The van der Waals surface area contributed by atoms with E-state index < -0.39 is 0 Å². The molecule has 1 N–H and O–H groups in total. The van der Waals surface area contributed by atoms with Crippen LogP contribution < -0.4 is 0 Å². The lowest BCUT2D eigenvalue weighted by molar-refractivity contribution is -0.0429. The molecule has 5 heteroatoms. The predicted molar refractivity (Wildman–Crippen MR) is 74.1 cm³/mol. The van der Waals surface area contributed by atoms with Crippen LogP contribution in [0.15, 0.2) is 6.20 Å². The first-order chi connectivity index (χ1) is 9.24. The van der Waals surface area contributed by atoms with Crippen LogP contribution in [0.1, 0.15) is 30.8 Å². The van der Waals surface area contributed by atoms with Crippen molar-refractivity contribution in [1.82, 2.24) is 14.9 Å². The molecule has 5 nitrogen and oxygen atoms in total. The van der Waals surface area contributed by atoms with Crippen molar-refractivity contribution in [3.05, 3.63) is 17.7 Å². The Labute approximate surface area is 115 Å². The Hall–Kier alpha value is -0.910. The number of hydrogen-bond acceptors (Lipinski definition) is 4. The molecule has 1 saturated heterocycles. The normalized spacial score (nSPS) is 20.1. The summed E-state index contributed by atoms with van der Waals surface area (Å²) in [5, 5.41) is 0. The summed E-state index contributed by atoms with van der Waals surface area (Å²) in [6.07, 6.45) is 5.78. The van der Waals surface area contributed by atoms with Crippen LogP contribution in [0, 0.1) is 6.92 Å². The van der Waals surface area contributed by atoms with Crippen LogP contribution in [0.25, 0.3) is 0 Å². The summed E-state index contributed by atoms with van der Waals surface area (Å²) in [4.78, 5) is 9.74. The molecule has 0 amide bonds. The summed E-state index contributed by atoms with van der Waals surface area (Å²) in [6.45, 7) is 6.13. The molecule has 1 atom stereocenters. The van der Waals surface area contributed by atoms with E-state index in [1.54, 1.807) is 0 Å². The van der Waals surface area contributed by atoms with E-state index in [2.05, 4.69) is 21.9 Å². The van der Waals surface area contributed by atoms with Gasteiger partial charge in [0.1, 0.15) is 5.82 Å². The number of H-pyrrole nitrogens is 1. The maximum Gasteiger partial charge on any atom is 0.120 e. The topological polar surface area (TPSA) is 50.4 Å². The van der Waals surface area contributed by atoms with Crippen molar-refractivity contribution in [2.24, 2.45) is 0 Å². The number of nitrogens with zero attached hydrogens (tertiary/aromatic N) is 2. The number of imidazole rings is 1. The highest BCUT2D eigenvalue weighted by molar-refractivity contribution is 4.97. The van der Waals surface area contributed by atoms with Crippen LogP contribution in [0.3, 0.4) is 0 Å². The average Bonchev–Trinajstić information content (AvgIpc) is 2.81. The maximum atomic E-state index is 5.69. The van der Waals surface area contributed by atoms with Crippen molar-refractivity contribution in [3.63, 3.8) is 0 Å². The lowest BCUT2D eigenvalue weighted by Crippen LogP contribution is -2.28. The van der Waals surface area contributed by atoms with E-state index in [0.29, 0.717) is 6.10 Å². The molecule has 1 fully saturated rings. The second-order valence-electron chi connectivity index (χ2n) is 5.31. The minimum absolute atomic E-state index is 0.312. The zero-order chi connectivity index (χ0) is 13.5. The monoisotopic (exact) mass is 267 g/mol. The highest BCUT2D eigenvalue weighted by atomic mass is 16.5. The quantitative estimate of drug-likeness (QED) is 0.765. The summed E-state index contributed by atoms with van der Waals surface area (Å²) in [5.41, 5.74) is 1.11. The van der Waals surface area contributed by atoms with Gasteiger partial charge in [-0.25, -0.2) is 4.98 Å². The van der Waals surface area contributed by atoms with Gasteiger partial charge in [0.05, 0.1) is 25.9 Å². The largest absolute Gasteiger partial charge is 0.377 e. The Morgan fingerprint density at radius 3 is 3.11 bits per heavy atom. The van der Waals surface area contributed by atoms with Gasteiger partial charge in [-0.15, -0.1) is 0 Å². The number of rotatable bonds is 7. The number of aromatic nitrogens is 2. The van der Waals surface area contributed by atoms with Gasteiger partial charge in [0.25, 0.3) is 0 Å². The lowest BCUT2D eigenvalue weighted by Gasteiger charge is -2.23. The fourth-order valence-corrected chi connectivity index (χ4v) is 2.26. The van der Waals surface area contributed by atoms with E-state index in [9.17, 15) is 0 Å². The standard InChI is InChI=1S/C14H25N3O2/c1-12-9-15-14(16-12)10-17(2)6-8-18-11-13-5-3-4-7-19-13/h9,13H,3-8,10-11H2,1-2H3,(H,15,16). The summed E-state index contributed by atoms with van der Waals surface area (Å²) in [5.74, 6) is 1.01. The Balaban J connectivity index is 1.54. The predicted octanol–water partition coefficient (Wildman–Crippen LogP) is 1.74. The number of likely N-dealkylation sites (N-methyl/N-ethyl adjacent to an activating group) is 1. The van der Waals surface area contributed by atoms with Gasteiger partial charge in [-0.1, -0.05) is 0 Å². The number of aromatic amines is 1. The first kappa shape index (κ1) is 14.5. The number of nitrogens with one attached hydrogen (secondary N) is 1. The summed E-state index contributed by atoms with van der Waals surface area (Å²) in [6, 6.07) is 0. The van der Waals surface area contributed by atoms with Gasteiger partial charge >= 0.3 is 0 Å². The van der Waals surface area contributed by atoms with Crippen molar-refractivity contribution in [2.45, 2.75) is 38.8 Å². The smallest absolute Gasteiger partial charge is 0.120 e. The first-order valence-corrected chi connectivity index (χ1v) is 7.12. The molecular formula is C14H25N3O2. The van der Waals surface area contributed by atoms with E-state index in [-0.39, 0.29) is 0 Å². The van der Waals surface area contributed by atoms with Gasteiger partial charge < -0.3 is 14.5 Å². The zero-order valence-electron chi connectivity index (χ0n) is 12.0. The fraction of sp³-hybridized carbons (Fsp3) is 0.786. The molecule has 2 rings (SSSR count). The van der Waals surface area contributed by atoms with E-state index in [0.717, 1.165) is 50.8 Å². The number of ether oxygens (including phenoxy) is 2. The molecule has 1 aliphatic rings. The second-order valence-corrected chi connectivity index (χ2v) is 5.31. The summed E-state index contributed by atoms with van der Waals surface area (Å²) in [7, 11) is 2.08. The van der Waals surface area contributed by atoms with Crippen molar-refractivity contribution in [2.75, 3.05) is 33.4 Å². The van der Waals surface area contributed by atoms with Gasteiger partial charge in [-0.2, -0.15) is 0 Å². The van der Waals surface area contributed by atoms with Crippen molar-refractivity contribution < 1.29 is 9.47 Å². The Kier molecular flexibility index (Phi) is 5.82. The molecule has 19 heavy (non-hydrogen) atoms. The highest BCUT2D eigenvalue weighted by Crippen LogP contribution is 2.12. The van der Waals surface area contributed by atoms with Crippen LogP contribution in [0.4, 0.5) is 0 Å². The number of hydrogen-bond donors (Lipinski definition) is 1. The van der Waals surface area contributed by atoms with E-state index >= 15 is 0 Å². The third kappa shape index (κ3) is 5.30. The Morgan fingerprint density at radius 1 is 1.53 bits per heavy atom. The number of aryl methyl sites for hydroxylation is 1. The van der Waals surface area contributed by atoms with Gasteiger partial charge in [-0.3, -0.25) is 4.90 Å². The Bertz CT molecular complexity index is 361. The van der Waals surface area contributed by atoms with Crippen LogP contribution in [-0.2, 0) is 16.0 Å². The third-order valence-corrected chi connectivity index (χ3v) is 3.37. The van der Waals surface area contributed by atoms with E-state index in [4.69, 9.17) is 9.47 Å². The van der Waals surface area contributed by atoms with Crippen LogP contribution >= 0.6 is 0 Å². The fourth-order valence-electron chi connectivity index (χ4n) is 2.26.